The molecule has 1 aromatic carbocycles. The molecule has 0 heterocycles. The number of benzene rings is 1. The van der Waals surface area contributed by atoms with E-state index in [-0.39, 0.29) is 17.4 Å². The van der Waals surface area contributed by atoms with E-state index in [1.54, 1.807) is 13.0 Å². The van der Waals surface area contributed by atoms with Gasteiger partial charge in [0.05, 0.1) is 12.1 Å². The molecule has 0 spiro atoms. The molecule has 1 aromatic rings. The molecule has 3 nitrogen and oxygen atoms in total. The van der Waals surface area contributed by atoms with Gasteiger partial charge in [-0.3, -0.25) is 4.79 Å². The van der Waals surface area contributed by atoms with Crippen LogP contribution < -0.4 is 11.1 Å². The lowest BCUT2D eigenvalue weighted by atomic mass is 9.98. The number of rotatable bonds is 5. The van der Waals surface area contributed by atoms with Gasteiger partial charge in [0.25, 0.3) is 0 Å². The fourth-order valence-electron chi connectivity index (χ4n) is 1.82. The zero-order chi connectivity index (χ0) is 14.6. The topological polar surface area (TPSA) is 55.1 Å². The van der Waals surface area contributed by atoms with Gasteiger partial charge in [-0.25, -0.2) is 4.39 Å². The van der Waals surface area contributed by atoms with E-state index in [1.165, 1.54) is 12.1 Å². The maximum absolute atomic E-state index is 13.7. The zero-order valence-electron chi connectivity index (χ0n) is 11.4. The van der Waals surface area contributed by atoms with Gasteiger partial charge in [-0.2, -0.15) is 0 Å². The van der Waals surface area contributed by atoms with Gasteiger partial charge in [-0.05, 0) is 25.0 Å². The fraction of sp³-hybridized carbons (Fsp3) is 0.500. The van der Waals surface area contributed by atoms with E-state index in [0.717, 1.165) is 6.42 Å². The number of carbonyl (C=O) groups excluding carboxylic acids is 1. The Morgan fingerprint density at radius 1 is 1.47 bits per heavy atom. The summed E-state index contributed by atoms with van der Waals surface area (Å²) in [6.45, 7) is 5.56. The molecule has 0 aliphatic rings. The van der Waals surface area contributed by atoms with E-state index in [9.17, 15) is 9.18 Å². The lowest BCUT2D eigenvalue weighted by molar-refractivity contribution is -0.124. The molecule has 3 N–H and O–H groups in total. The number of hydrogen-bond acceptors (Lipinski definition) is 2. The number of nitrogens with two attached hydrogens (primary N) is 1. The molecular formula is C14H20ClFN2O. The summed E-state index contributed by atoms with van der Waals surface area (Å²) in [6, 6.07) is 3.32. The SMILES string of the molecule is CCC(C)C(N)C(=O)NC(C)c1c(F)cccc1Cl. The van der Waals surface area contributed by atoms with Gasteiger partial charge in [-0.1, -0.05) is 37.9 Å². The molecule has 3 atom stereocenters. The highest BCUT2D eigenvalue weighted by Crippen LogP contribution is 2.25. The van der Waals surface area contributed by atoms with Gasteiger partial charge in [0.1, 0.15) is 5.82 Å². The Bertz CT molecular complexity index is 433. The van der Waals surface area contributed by atoms with Gasteiger partial charge in [0.2, 0.25) is 5.91 Å². The van der Waals surface area contributed by atoms with E-state index in [2.05, 4.69) is 5.32 Å². The smallest absolute Gasteiger partial charge is 0.237 e. The summed E-state index contributed by atoms with van der Waals surface area (Å²) in [5, 5.41) is 3.00. The first-order valence-corrected chi connectivity index (χ1v) is 6.76. The van der Waals surface area contributed by atoms with Crippen LogP contribution in [0.25, 0.3) is 0 Å². The van der Waals surface area contributed by atoms with E-state index >= 15 is 0 Å². The van der Waals surface area contributed by atoms with Gasteiger partial charge in [0.15, 0.2) is 0 Å². The zero-order valence-corrected chi connectivity index (χ0v) is 12.2. The van der Waals surface area contributed by atoms with E-state index in [1.807, 2.05) is 13.8 Å². The molecule has 0 aliphatic carbocycles. The summed E-state index contributed by atoms with van der Waals surface area (Å²) in [6.07, 6.45) is 0.809. The third kappa shape index (κ3) is 3.91. The van der Waals surface area contributed by atoms with Crippen molar-refractivity contribution in [3.63, 3.8) is 0 Å². The molecule has 5 heteroatoms. The lowest BCUT2D eigenvalue weighted by Gasteiger charge is -2.22. The van der Waals surface area contributed by atoms with Crippen LogP contribution >= 0.6 is 11.6 Å². The van der Waals surface area contributed by atoms with Crippen molar-refractivity contribution >= 4 is 17.5 Å². The normalized spacial score (nSPS) is 15.7. The first-order valence-electron chi connectivity index (χ1n) is 6.38. The van der Waals surface area contributed by atoms with Gasteiger partial charge < -0.3 is 11.1 Å². The third-order valence-electron chi connectivity index (χ3n) is 3.35. The predicted octanol–water partition coefficient (Wildman–Crippen LogP) is 3.03. The number of halogens is 2. The van der Waals surface area contributed by atoms with Crippen molar-refractivity contribution in [2.45, 2.75) is 39.3 Å². The molecule has 3 unspecified atom stereocenters. The monoisotopic (exact) mass is 286 g/mol. The van der Waals surface area contributed by atoms with E-state index in [0.29, 0.717) is 5.02 Å². The molecule has 0 fully saturated rings. The maximum Gasteiger partial charge on any atom is 0.237 e. The van der Waals surface area contributed by atoms with Crippen molar-refractivity contribution < 1.29 is 9.18 Å². The fourth-order valence-corrected chi connectivity index (χ4v) is 2.15. The molecule has 0 saturated carbocycles. The van der Waals surface area contributed by atoms with Crippen molar-refractivity contribution in [2.75, 3.05) is 0 Å². The first kappa shape index (κ1) is 15.9. The van der Waals surface area contributed by atoms with Crippen LogP contribution in [0.4, 0.5) is 4.39 Å². The van der Waals surface area contributed by atoms with Crippen LogP contribution in [0, 0.1) is 11.7 Å². The number of carbonyl (C=O) groups is 1. The van der Waals surface area contributed by atoms with Crippen molar-refractivity contribution in [3.8, 4) is 0 Å². The quantitative estimate of drug-likeness (QED) is 0.874. The Hall–Kier alpha value is -1.13. The summed E-state index contributed by atoms with van der Waals surface area (Å²) < 4.78 is 13.7. The molecule has 106 valence electrons. The molecule has 1 amide bonds. The van der Waals surface area contributed by atoms with E-state index < -0.39 is 17.9 Å². The molecule has 1 rings (SSSR count). The average Bonchev–Trinajstić information content (AvgIpc) is 2.36. The number of nitrogens with one attached hydrogen (secondary N) is 1. The van der Waals surface area contributed by atoms with Crippen LogP contribution in [0.15, 0.2) is 18.2 Å². The second-order valence-electron chi connectivity index (χ2n) is 4.78. The minimum Gasteiger partial charge on any atom is -0.348 e. The van der Waals surface area contributed by atoms with Crippen molar-refractivity contribution in [1.82, 2.24) is 5.32 Å². The Morgan fingerprint density at radius 2 is 2.11 bits per heavy atom. The van der Waals surface area contributed by atoms with Crippen LogP contribution in [-0.2, 0) is 4.79 Å². The van der Waals surface area contributed by atoms with Crippen LogP contribution in [0.3, 0.4) is 0 Å². The Labute approximate surface area is 118 Å². The summed E-state index contributed by atoms with van der Waals surface area (Å²) >= 11 is 5.95. The molecule has 0 aliphatic heterocycles. The summed E-state index contributed by atoms with van der Waals surface area (Å²) in [5.41, 5.74) is 6.12. The highest BCUT2D eigenvalue weighted by molar-refractivity contribution is 6.31. The standard InChI is InChI=1S/C14H20ClFN2O/c1-4-8(2)13(17)14(19)18-9(3)12-10(15)6-5-7-11(12)16/h5-9,13H,4,17H2,1-3H3,(H,18,19). The van der Waals surface area contributed by atoms with E-state index in [4.69, 9.17) is 17.3 Å². The molecule has 0 aromatic heterocycles. The molecule has 0 bridgehead atoms. The van der Waals surface area contributed by atoms with Crippen LogP contribution in [0.5, 0.6) is 0 Å². The molecule has 19 heavy (non-hydrogen) atoms. The Kier molecular flexibility index (Phi) is 5.76. The first-order chi connectivity index (χ1) is 8.88. The van der Waals surface area contributed by atoms with Crippen molar-refractivity contribution in [3.05, 3.63) is 34.6 Å². The lowest BCUT2D eigenvalue weighted by Crippen LogP contribution is -2.45. The summed E-state index contributed by atoms with van der Waals surface area (Å²) in [7, 11) is 0. The van der Waals surface area contributed by atoms with Crippen LogP contribution in [-0.4, -0.2) is 11.9 Å². The Morgan fingerprint density at radius 3 is 2.63 bits per heavy atom. The second kappa shape index (κ2) is 6.87. The third-order valence-corrected chi connectivity index (χ3v) is 3.68. The highest BCUT2D eigenvalue weighted by atomic mass is 35.5. The molecule has 0 radical (unpaired) electrons. The average molecular weight is 287 g/mol. The minimum atomic E-state index is -0.599. The van der Waals surface area contributed by atoms with Crippen molar-refractivity contribution in [1.29, 1.82) is 0 Å². The van der Waals surface area contributed by atoms with Gasteiger partial charge in [0, 0.05) is 10.6 Å². The number of hydrogen-bond donors (Lipinski definition) is 2. The number of amides is 1. The second-order valence-corrected chi connectivity index (χ2v) is 5.18. The maximum atomic E-state index is 13.7. The van der Waals surface area contributed by atoms with Gasteiger partial charge >= 0.3 is 0 Å². The minimum absolute atomic E-state index is 0.0725. The Balaban J connectivity index is 2.80. The molecular weight excluding hydrogens is 267 g/mol. The largest absolute Gasteiger partial charge is 0.348 e. The van der Waals surface area contributed by atoms with Crippen molar-refractivity contribution in [2.24, 2.45) is 11.7 Å². The summed E-state index contributed by atoms with van der Waals surface area (Å²) in [5.74, 6) is -0.651. The predicted molar refractivity (Wildman–Crippen MR) is 75.4 cm³/mol. The molecule has 0 saturated heterocycles. The van der Waals surface area contributed by atoms with Crippen LogP contribution in [0.2, 0.25) is 5.02 Å². The summed E-state index contributed by atoms with van der Waals surface area (Å²) in [4.78, 5) is 11.9. The van der Waals surface area contributed by atoms with Crippen LogP contribution in [0.1, 0.15) is 38.8 Å². The highest BCUT2D eigenvalue weighted by Gasteiger charge is 2.23. The van der Waals surface area contributed by atoms with Gasteiger partial charge in [-0.15, -0.1) is 0 Å².